The summed E-state index contributed by atoms with van der Waals surface area (Å²) >= 11 is 6.02. The first-order valence-corrected chi connectivity index (χ1v) is 11.7. The van der Waals surface area contributed by atoms with Crippen LogP contribution in [0.4, 0.5) is 0 Å². The van der Waals surface area contributed by atoms with E-state index in [-0.39, 0.29) is 23.8 Å². The smallest absolute Gasteiger partial charge is 0.245 e. The Morgan fingerprint density at radius 3 is 2.52 bits per heavy atom. The molecular weight excluding hydrogens is 414 g/mol. The van der Waals surface area contributed by atoms with E-state index in [1.54, 1.807) is 17.0 Å². The van der Waals surface area contributed by atoms with E-state index in [4.69, 9.17) is 11.6 Å². The predicted octanol–water partition coefficient (Wildman–Crippen LogP) is 3.07. The molecule has 2 amide bonds. The number of piperidine rings is 1. The summed E-state index contributed by atoms with van der Waals surface area (Å²) in [5.41, 5.74) is -0.806. The van der Waals surface area contributed by atoms with Crippen molar-refractivity contribution in [2.45, 2.75) is 71.1 Å². The summed E-state index contributed by atoms with van der Waals surface area (Å²) in [5, 5.41) is 18.5. The van der Waals surface area contributed by atoms with Gasteiger partial charge in [-0.2, -0.15) is 0 Å². The first kappa shape index (κ1) is 24.0. The van der Waals surface area contributed by atoms with Crippen molar-refractivity contribution in [1.82, 2.24) is 15.5 Å². The number of likely N-dealkylation sites (tertiary alicyclic amines) is 1. The molecule has 3 rings (SSSR count). The van der Waals surface area contributed by atoms with E-state index in [2.05, 4.69) is 10.6 Å². The molecule has 2 fully saturated rings. The van der Waals surface area contributed by atoms with Gasteiger partial charge in [0.25, 0.3) is 0 Å². The molecule has 172 valence electrons. The number of hydrogen-bond donors (Lipinski definition) is 3. The minimum Gasteiger partial charge on any atom is -0.384 e. The molecule has 0 aliphatic carbocycles. The topological polar surface area (TPSA) is 81.7 Å². The van der Waals surface area contributed by atoms with Crippen LogP contribution in [0, 0.1) is 11.3 Å². The fourth-order valence-electron chi connectivity index (χ4n) is 4.87. The van der Waals surface area contributed by atoms with E-state index < -0.39 is 17.1 Å². The van der Waals surface area contributed by atoms with Crippen LogP contribution in [0.3, 0.4) is 0 Å². The number of hydrogen-bond acceptors (Lipinski definition) is 4. The molecule has 0 bridgehead atoms. The molecule has 2 aliphatic heterocycles. The normalized spacial score (nSPS) is 26.7. The second kappa shape index (κ2) is 9.47. The molecule has 0 spiro atoms. The van der Waals surface area contributed by atoms with Crippen molar-refractivity contribution in [1.29, 1.82) is 0 Å². The monoisotopic (exact) mass is 449 g/mol. The zero-order chi connectivity index (χ0) is 22.8. The highest BCUT2D eigenvalue weighted by Gasteiger charge is 2.50. The number of carbonyl (C=O) groups is 2. The summed E-state index contributed by atoms with van der Waals surface area (Å²) in [6.45, 7) is 9.67. The SMILES string of the molecule is CC(C)C(NC(=O)CC1CCCN1)C(=O)N1CCC(O)(c2ccc(Cl)cc2)C(C)(C)C1. The molecule has 31 heavy (non-hydrogen) atoms. The average molecular weight is 450 g/mol. The Labute approximate surface area is 190 Å². The van der Waals surface area contributed by atoms with Crippen LogP contribution in [0.15, 0.2) is 24.3 Å². The Morgan fingerprint density at radius 1 is 1.29 bits per heavy atom. The van der Waals surface area contributed by atoms with E-state index in [0.717, 1.165) is 24.9 Å². The molecule has 0 saturated carbocycles. The summed E-state index contributed by atoms with van der Waals surface area (Å²) in [6, 6.07) is 6.92. The van der Waals surface area contributed by atoms with Crippen LogP contribution >= 0.6 is 11.6 Å². The number of halogens is 1. The summed E-state index contributed by atoms with van der Waals surface area (Å²) < 4.78 is 0. The van der Waals surface area contributed by atoms with Gasteiger partial charge in [-0.25, -0.2) is 0 Å². The van der Waals surface area contributed by atoms with Gasteiger partial charge in [0.15, 0.2) is 0 Å². The molecule has 1 aromatic rings. The van der Waals surface area contributed by atoms with Crippen molar-refractivity contribution in [3.63, 3.8) is 0 Å². The lowest BCUT2D eigenvalue weighted by molar-refractivity contribution is -0.156. The van der Waals surface area contributed by atoms with Gasteiger partial charge in [-0.15, -0.1) is 0 Å². The highest BCUT2D eigenvalue weighted by molar-refractivity contribution is 6.30. The zero-order valence-corrected chi connectivity index (χ0v) is 19.8. The van der Waals surface area contributed by atoms with Gasteiger partial charge in [-0.1, -0.05) is 51.4 Å². The van der Waals surface area contributed by atoms with E-state index in [0.29, 0.717) is 31.0 Å². The number of nitrogens with one attached hydrogen (secondary N) is 2. The fraction of sp³-hybridized carbons (Fsp3) is 0.667. The first-order chi connectivity index (χ1) is 14.5. The number of aliphatic hydroxyl groups is 1. The van der Waals surface area contributed by atoms with E-state index in [9.17, 15) is 14.7 Å². The molecular formula is C24H36ClN3O3. The summed E-state index contributed by atoms with van der Waals surface area (Å²) in [5.74, 6) is -0.178. The molecule has 6 nitrogen and oxygen atoms in total. The molecule has 3 unspecified atom stereocenters. The molecule has 0 aromatic heterocycles. The Morgan fingerprint density at radius 2 is 1.97 bits per heavy atom. The average Bonchev–Trinajstić information content (AvgIpc) is 3.21. The van der Waals surface area contributed by atoms with Crippen molar-refractivity contribution in [3.05, 3.63) is 34.9 Å². The van der Waals surface area contributed by atoms with E-state index in [1.807, 2.05) is 39.8 Å². The number of amides is 2. The van der Waals surface area contributed by atoms with Crippen molar-refractivity contribution < 1.29 is 14.7 Å². The second-order valence-electron chi connectivity index (χ2n) is 10.0. The van der Waals surface area contributed by atoms with Gasteiger partial charge in [-0.05, 0) is 49.4 Å². The van der Waals surface area contributed by atoms with Crippen LogP contribution < -0.4 is 10.6 Å². The minimum absolute atomic E-state index is 0.0202. The lowest BCUT2D eigenvalue weighted by atomic mass is 9.66. The van der Waals surface area contributed by atoms with Crippen molar-refractivity contribution in [2.75, 3.05) is 19.6 Å². The van der Waals surface area contributed by atoms with Crippen LogP contribution in [0.2, 0.25) is 5.02 Å². The minimum atomic E-state index is -1.06. The van der Waals surface area contributed by atoms with Crippen molar-refractivity contribution >= 4 is 23.4 Å². The van der Waals surface area contributed by atoms with Crippen LogP contribution in [-0.2, 0) is 15.2 Å². The molecule has 2 heterocycles. The third-order valence-corrected chi connectivity index (χ3v) is 7.18. The zero-order valence-electron chi connectivity index (χ0n) is 19.1. The van der Waals surface area contributed by atoms with Crippen LogP contribution in [0.5, 0.6) is 0 Å². The van der Waals surface area contributed by atoms with Gasteiger partial charge in [0, 0.05) is 36.0 Å². The van der Waals surface area contributed by atoms with Crippen LogP contribution in [0.1, 0.15) is 58.9 Å². The number of nitrogens with zero attached hydrogens (tertiary/aromatic N) is 1. The van der Waals surface area contributed by atoms with E-state index >= 15 is 0 Å². The molecule has 7 heteroatoms. The van der Waals surface area contributed by atoms with Crippen LogP contribution in [-0.4, -0.2) is 53.5 Å². The standard InChI is InChI=1S/C24H36ClN3O3/c1-16(2)21(27-20(29)14-19-6-5-12-26-19)22(30)28-13-11-24(31,23(3,4)15-28)17-7-9-18(25)10-8-17/h7-10,16,19,21,26,31H,5-6,11-15H2,1-4H3,(H,27,29). The fourth-order valence-corrected chi connectivity index (χ4v) is 4.99. The first-order valence-electron chi connectivity index (χ1n) is 11.3. The summed E-state index contributed by atoms with van der Waals surface area (Å²) in [6.07, 6.45) is 2.91. The maximum atomic E-state index is 13.4. The molecule has 2 aliphatic rings. The van der Waals surface area contributed by atoms with Crippen molar-refractivity contribution in [2.24, 2.45) is 11.3 Å². The number of carbonyl (C=O) groups excluding carboxylic acids is 2. The van der Waals surface area contributed by atoms with Gasteiger partial charge in [0.05, 0.1) is 5.60 Å². The van der Waals surface area contributed by atoms with Crippen LogP contribution in [0.25, 0.3) is 0 Å². The number of rotatable bonds is 6. The third kappa shape index (κ3) is 5.24. The molecule has 2 saturated heterocycles. The largest absolute Gasteiger partial charge is 0.384 e. The maximum absolute atomic E-state index is 13.4. The quantitative estimate of drug-likeness (QED) is 0.623. The van der Waals surface area contributed by atoms with Gasteiger partial charge in [0.1, 0.15) is 6.04 Å². The Balaban J connectivity index is 1.69. The highest BCUT2D eigenvalue weighted by Crippen LogP contribution is 2.46. The number of benzene rings is 1. The molecule has 0 radical (unpaired) electrons. The van der Waals surface area contributed by atoms with E-state index in [1.165, 1.54) is 0 Å². The van der Waals surface area contributed by atoms with Gasteiger partial charge < -0.3 is 20.6 Å². The Kier molecular flexibility index (Phi) is 7.34. The summed E-state index contributed by atoms with van der Waals surface area (Å²) in [4.78, 5) is 27.8. The second-order valence-corrected chi connectivity index (χ2v) is 10.5. The Hall–Kier alpha value is -1.63. The Bertz CT molecular complexity index is 790. The molecule has 3 atom stereocenters. The predicted molar refractivity (Wildman–Crippen MR) is 123 cm³/mol. The van der Waals surface area contributed by atoms with Crippen molar-refractivity contribution in [3.8, 4) is 0 Å². The highest BCUT2D eigenvalue weighted by atomic mass is 35.5. The third-order valence-electron chi connectivity index (χ3n) is 6.93. The van der Waals surface area contributed by atoms with Gasteiger partial charge >= 0.3 is 0 Å². The van der Waals surface area contributed by atoms with Gasteiger partial charge in [-0.3, -0.25) is 9.59 Å². The lowest BCUT2D eigenvalue weighted by Gasteiger charge is -2.51. The lowest BCUT2D eigenvalue weighted by Crippen LogP contribution is -2.60. The summed E-state index contributed by atoms with van der Waals surface area (Å²) in [7, 11) is 0. The molecule has 1 aromatic carbocycles. The maximum Gasteiger partial charge on any atom is 0.245 e. The molecule has 3 N–H and O–H groups in total. The van der Waals surface area contributed by atoms with Gasteiger partial charge in [0.2, 0.25) is 11.8 Å².